The maximum atomic E-state index is 12.4. The first kappa shape index (κ1) is 18.7. The minimum atomic E-state index is -0.478. The standard InChI is InChI=1S/C21H29NO4/c1-21(2,3)26-20(24)22-12-11-17-16(9-10-18(17)22)13-19(23)25-14-15-7-5-4-6-8-15/h4-8,16-18H,9-14H2,1-3H3/t16?,17-,18+/m0/s1. The molecular formula is C21H29NO4. The molecule has 1 saturated carbocycles. The molecule has 2 aliphatic rings. The van der Waals surface area contributed by atoms with E-state index in [9.17, 15) is 9.59 Å². The highest BCUT2D eigenvalue weighted by molar-refractivity contribution is 5.70. The second-order valence-corrected chi connectivity index (χ2v) is 8.38. The van der Waals surface area contributed by atoms with Crippen LogP contribution in [0, 0.1) is 11.8 Å². The topological polar surface area (TPSA) is 55.8 Å². The van der Waals surface area contributed by atoms with Crippen molar-refractivity contribution in [3.63, 3.8) is 0 Å². The maximum Gasteiger partial charge on any atom is 0.410 e. The summed E-state index contributed by atoms with van der Waals surface area (Å²) in [5, 5.41) is 0. The second-order valence-electron chi connectivity index (χ2n) is 8.38. The van der Waals surface area contributed by atoms with Crippen molar-refractivity contribution in [1.82, 2.24) is 4.90 Å². The first-order valence-electron chi connectivity index (χ1n) is 9.52. The Labute approximate surface area is 155 Å². The summed E-state index contributed by atoms with van der Waals surface area (Å²) in [6.07, 6.45) is 3.07. The van der Waals surface area contributed by atoms with Crippen LogP contribution in [0.1, 0.15) is 52.0 Å². The Bertz CT molecular complexity index is 637. The van der Waals surface area contributed by atoms with E-state index in [0.29, 0.717) is 24.9 Å². The molecular weight excluding hydrogens is 330 g/mol. The number of nitrogens with zero attached hydrogens (tertiary/aromatic N) is 1. The zero-order chi connectivity index (χ0) is 18.7. The first-order chi connectivity index (χ1) is 12.3. The highest BCUT2D eigenvalue weighted by Gasteiger charge is 2.47. The number of fused-ring (bicyclic) bond motifs is 1. The molecule has 1 heterocycles. The molecule has 1 aromatic rings. The average molecular weight is 359 g/mol. The van der Waals surface area contributed by atoms with Crippen molar-refractivity contribution in [3.8, 4) is 0 Å². The van der Waals surface area contributed by atoms with E-state index in [1.807, 2.05) is 56.0 Å². The number of hydrogen-bond acceptors (Lipinski definition) is 4. The summed E-state index contributed by atoms with van der Waals surface area (Å²) in [5.74, 6) is 0.540. The molecule has 142 valence electrons. The van der Waals surface area contributed by atoms with Crippen molar-refractivity contribution in [2.75, 3.05) is 6.54 Å². The Morgan fingerprint density at radius 3 is 2.54 bits per heavy atom. The van der Waals surface area contributed by atoms with E-state index in [1.165, 1.54) is 0 Å². The third-order valence-corrected chi connectivity index (χ3v) is 5.34. The summed E-state index contributed by atoms with van der Waals surface area (Å²) in [4.78, 5) is 26.5. The van der Waals surface area contributed by atoms with Crippen molar-refractivity contribution >= 4 is 12.1 Å². The number of likely N-dealkylation sites (tertiary alicyclic amines) is 1. The number of amides is 1. The molecule has 5 heteroatoms. The van der Waals surface area contributed by atoms with Gasteiger partial charge in [0, 0.05) is 19.0 Å². The zero-order valence-electron chi connectivity index (χ0n) is 15.9. The van der Waals surface area contributed by atoms with Gasteiger partial charge in [0.15, 0.2) is 0 Å². The van der Waals surface area contributed by atoms with E-state index in [4.69, 9.17) is 9.47 Å². The molecule has 0 bridgehead atoms. The molecule has 3 rings (SSSR count). The van der Waals surface area contributed by atoms with Gasteiger partial charge in [-0.2, -0.15) is 0 Å². The van der Waals surface area contributed by atoms with Gasteiger partial charge in [0.2, 0.25) is 0 Å². The molecule has 5 nitrogen and oxygen atoms in total. The second kappa shape index (κ2) is 7.68. The summed E-state index contributed by atoms with van der Waals surface area (Å²) in [5.41, 5.74) is 0.524. The zero-order valence-corrected chi connectivity index (χ0v) is 15.9. The Hall–Kier alpha value is -2.04. The molecule has 1 saturated heterocycles. The molecule has 0 spiro atoms. The van der Waals surface area contributed by atoms with Crippen LogP contribution in [0.2, 0.25) is 0 Å². The molecule has 0 radical (unpaired) electrons. The molecule has 0 N–H and O–H groups in total. The molecule has 2 fully saturated rings. The Kier molecular flexibility index (Phi) is 5.54. The van der Waals surface area contributed by atoms with Gasteiger partial charge in [0.1, 0.15) is 12.2 Å². The van der Waals surface area contributed by atoms with E-state index in [-0.39, 0.29) is 18.1 Å². The van der Waals surface area contributed by atoms with Crippen molar-refractivity contribution in [2.24, 2.45) is 11.8 Å². The van der Waals surface area contributed by atoms with E-state index in [2.05, 4.69) is 0 Å². The summed E-state index contributed by atoms with van der Waals surface area (Å²) < 4.78 is 11.0. The molecule has 26 heavy (non-hydrogen) atoms. The summed E-state index contributed by atoms with van der Waals surface area (Å²) in [6, 6.07) is 9.93. The van der Waals surface area contributed by atoms with Crippen molar-refractivity contribution in [3.05, 3.63) is 35.9 Å². The Morgan fingerprint density at radius 2 is 1.85 bits per heavy atom. The highest BCUT2D eigenvalue weighted by atomic mass is 16.6. The number of esters is 1. The van der Waals surface area contributed by atoms with Crippen LogP contribution in [0.25, 0.3) is 0 Å². The molecule has 1 aliphatic heterocycles. The monoisotopic (exact) mass is 359 g/mol. The fourth-order valence-corrected chi connectivity index (χ4v) is 4.21. The van der Waals surface area contributed by atoms with Gasteiger partial charge in [-0.05, 0) is 57.4 Å². The predicted octanol–water partition coefficient (Wildman–Crippen LogP) is 4.16. The minimum Gasteiger partial charge on any atom is -0.461 e. The fraction of sp³-hybridized carbons (Fsp3) is 0.619. The molecule has 3 atom stereocenters. The van der Waals surface area contributed by atoms with E-state index in [1.54, 1.807) is 0 Å². The highest BCUT2D eigenvalue weighted by Crippen LogP contribution is 2.44. The van der Waals surface area contributed by atoms with Crippen LogP contribution in [0.15, 0.2) is 30.3 Å². The van der Waals surface area contributed by atoms with Crippen molar-refractivity contribution in [1.29, 1.82) is 0 Å². The quantitative estimate of drug-likeness (QED) is 0.758. The van der Waals surface area contributed by atoms with Gasteiger partial charge in [-0.15, -0.1) is 0 Å². The largest absolute Gasteiger partial charge is 0.461 e. The summed E-state index contributed by atoms with van der Waals surface area (Å²) in [6.45, 7) is 6.71. The number of hydrogen-bond donors (Lipinski definition) is 0. The molecule has 1 aromatic carbocycles. The molecule has 1 amide bonds. The van der Waals surface area contributed by atoms with Crippen LogP contribution in [0.3, 0.4) is 0 Å². The summed E-state index contributed by atoms with van der Waals surface area (Å²) in [7, 11) is 0. The number of ether oxygens (including phenoxy) is 2. The fourth-order valence-electron chi connectivity index (χ4n) is 4.21. The lowest BCUT2D eigenvalue weighted by Crippen LogP contribution is -2.40. The molecule has 1 aliphatic carbocycles. The normalized spacial score (nSPS) is 25.0. The van der Waals surface area contributed by atoms with Crippen molar-refractivity contribution in [2.45, 2.75) is 64.7 Å². The van der Waals surface area contributed by atoms with Gasteiger partial charge >= 0.3 is 12.1 Å². The van der Waals surface area contributed by atoms with Gasteiger partial charge < -0.3 is 14.4 Å². The van der Waals surface area contributed by atoms with Crippen LogP contribution >= 0.6 is 0 Å². The summed E-state index contributed by atoms with van der Waals surface area (Å²) >= 11 is 0. The lowest BCUT2D eigenvalue weighted by atomic mass is 9.90. The van der Waals surface area contributed by atoms with Crippen LogP contribution in [0.5, 0.6) is 0 Å². The minimum absolute atomic E-state index is 0.143. The lowest BCUT2D eigenvalue weighted by Gasteiger charge is -2.28. The van der Waals surface area contributed by atoms with Gasteiger partial charge in [-0.25, -0.2) is 4.79 Å². The lowest BCUT2D eigenvalue weighted by molar-refractivity contribution is -0.146. The van der Waals surface area contributed by atoms with Gasteiger partial charge in [-0.1, -0.05) is 30.3 Å². The Balaban J connectivity index is 1.49. The van der Waals surface area contributed by atoms with Gasteiger partial charge in [0.25, 0.3) is 0 Å². The van der Waals surface area contributed by atoms with E-state index < -0.39 is 5.60 Å². The predicted molar refractivity (Wildman–Crippen MR) is 98.4 cm³/mol. The van der Waals surface area contributed by atoms with E-state index >= 15 is 0 Å². The van der Waals surface area contributed by atoms with Crippen LogP contribution < -0.4 is 0 Å². The number of benzene rings is 1. The van der Waals surface area contributed by atoms with Crippen LogP contribution in [-0.2, 0) is 20.9 Å². The first-order valence-corrected chi connectivity index (χ1v) is 9.52. The maximum absolute atomic E-state index is 12.4. The van der Waals surface area contributed by atoms with Crippen LogP contribution in [-0.4, -0.2) is 35.2 Å². The SMILES string of the molecule is CC(C)(C)OC(=O)N1CC[C@H]2C(CC(=O)OCc3ccccc3)CC[C@H]21. The third kappa shape index (κ3) is 4.57. The van der Waals surface area contributed by atoms with Crippen molar-refractivity contribution < 1.29 is 19.1 Å². The van der Waals surface area contributed by atoms with Crippen LogP contribution in [0.4, 0.5) is 4.79 Å². The smallest absolute Gasteiger partial charge is 0.410 e. The van der Waals surface area contributed by atoms with E-state index in [0.717, 1.165) is 31.4 Å². The Morgan fingerprint density at radius 1 is 1.12 bits per heavy atom. The average Bonchev–Trinajstić information content (AvgIpc) is 3.15. The van der Waals surface area contributed by atoms with Gasteiger partial charge in [-0.3, -0.25) is 4.79 Å². The van der Waals surface area contributed by atoms with Gasteiger partial charge in [0.05, 0.1) is 0 Å². The number of rotatable bonds is 4. The number of carbonyl (C=O) groups excluding carboxylic acids is 2. The molecule has 0 aromatic heterocycles. The number of carbonyl (C=O) groups is 2. The molecule has 1 unspecified atom stereocenters. The third-order valence-electron chi connectivity index (χ3n) is 5.34.